The second-order valence-corrected chi connectivity index (χ2v) is 6.24. The lowest BCUT2D eigenvalue weighted by Gasteiger charge is -2.12. The molecule has 0 unspecified atom stereocenters. The number of aryl methyl sites for hydroxylation is 2. The van der Waals surface area contributed by atoms with Crippen LogP contribution in [0.1, 0.15) is 17.5 Å². The van der Waals surface area contributed by atoms with E-state index in [4.69, 9.17) is 4.74 Å². The number of halogens is 1. The average molecular weight is 344 g/mol. The molecule has 134 valence electrons. The molecule has 0 heterocycles. The third-order valence-corrected chi connectivity index (χ3v) is 3.86. The van der Waals surface area contributed by atoms with E-state index in [1.807, 2.05) is 21.0 Å². The van der Waals surface area contributed by atoms with Gasteiger partial charge in [0.1, 0.15) is 0 Å². The van der Waals surface area contributed by atoms with Gasteiger partial charge < -0.3 is 15.0 Å². The van der Waals surface area contributed by atoms with Gasteiger partial charge in [0.2, 0.25) is 0 Å². The zero-order valence-electron chi connectivity index (χ0n) is 15.0. The highest BCUT2D eigenvalue weighted by atomic mass is 19.1. The van der Waals surface area contributed by atoms with Gasteiger partial charge in [0.15, 0.2) is 18.2 Å². The molecule has 0 fully saturated rings. The van der Waals surface area contributed by atoms with Gasteiger partial charge in [0, 0.05) is 26.3 Å². The second-order valence-electron chi connectivity index (χ2n) is 6.24. The molecule has 0 radical (unpaired) electrons. The quantitative estimate of drug-likeness (QED) is 0.747. The number of hydrogen-bond acceptors (Lipinski definition) is 3. The summed E-state index contributed by atoms with van der Waals surface area (Å²) in [4.78, 5) is 13.8. The van der Waals surface area contributed by atoms with E-state index in [-0.39, 0.29) is 18.3 Å². The van der Waals surface area contributed by atoms with Gasteiger partial charge in [-0.3, -0.25) is 4.79 Å². The van der Waals surface area contributed by atoms with Crippen LogP contribution in [0, 0.1) is 12.7 Å². The van der Waals surface area contributed by atoms with Crippen molar-refractivity contribution in [2.75, 3.05) is 32.1 Å². The maximum absolute atomic E-state index is 13.5. The lowest BCUT2D eigenvalue weighted by Crippen LogP contribution is -2.30. The number of amides is 1. The third-order valence-electron chi connectivity index (χ3n) is 3.86. The third kappa shape index (κ3) is 6.10. The summed E-state index contributed by atoms with van der Waals surface area (Å²) in [6.45, 7) is 2.23. The molecule has 2 rings (SSSR count). The zero-order valence-corrected chi connectivity index (χ0v) is 15.0. The smallest absolute Gasteiger partial charge is 0.257 e. The highest BCUT2D eigenvalue weighted by Crippen LogP contribution is 2.18. The van der Waals surface area contributed by atoms with Gasteiger partial charge in [-0.15, -0.1) is 0 Å². The molecule has 0 aliphatic carbocycles. The number of carbonyl (C=O) groups is 1. The summed E-state index contributed by atoms with van der Waals surface area (Å²) in [5.74, 6) is -0.598. The Morgan fingerprint density at radius 2 is 1.88 bits per heavy atom. The standard InChI is InChI=1S/C20H25FN2O2/c1-15-6-11-18(21)19(13-15)25-14-20(24)22-12-4-5-16-7-9-17(10-8-16)23(2)3/h6-11,13H,4-5,12,14H2,1-3H3,(H,22,24). The van der Waals surface area contributed by atoms with E-state index < -0.39 is 5.82 Å². The average Bonchev–Trinajstić information content (AvgIpc) is 2.60. The van der Waals surface area contributed by atoms with Crippen LogP contribution in [0.2, 0.25) is 0 Å². The maximum atomic E-state index is 13.5. The van der Waals surface area contributed by atoms with Crippen molar-refractivity contribution in [1.29, 1.82) is 0 Å². The van der Waals surface area contributed by atoms with Crippen molar-refractivity contribution in [3.05, 3.63) is 59.4 Å². The van der Waals surface area contributed by atoms with Gasteiger partial charge in [0.25, 0.3) is 5.91 Å². The van der Waals surface area contributed by atoms with Gasteiger partial charge in [0.05, 0.1) is 0 Å². The molecule has 4 nitrogen and oxygen atoms in total. The minimum absolute atomic E-state index is 0.108. The largest absolute Gasteiger partial charge is 0.481 e. The summed E-state index contributed by atoms with van der Waals surface area (Å²) >= 11 is 0. The van der Waals surface area contributed by atoms with Gasteiger partial charge in [-0.1, -0.05) is 18.2 Å². The molecule has 1 amide bonds. The minimum Gasteiger partial charge on any atom is -0.481 e. The molecule has 0 spiro atoms. The number of nitrogens with zero attached hydrogens (tertiary/aromatic N) is 1. The van der Waals surface area contributed by atoms with E-state index in [0.29, 0.717) is 6.54 Å². The predicted molar refractivity (Wildman–Crippen MR) is 98.7 cm³/mol. The summed E-state index contributed by atoms with van der Waals surface area (Å²) in [5, 5.41) is 2.79. The molecule has 0 atom stereocenters. The molecule has 0 aliphatic heterocycles. The molecule has 2 aromatic rings. The summed E-state index contributed by atoms with van der Waals surface area (Å²) in [6, 6.07) is 12.9. The predicted octanol–water partition coefficient (Wildman–Crippen LogP) is 3.33. The molecule has 5 heteroatoms. The van der Waals surface area contributed by atoms with Crippen LogP contribution in [-0.4, -0.2) is 33.2 Å². The van der Waals surface area contributed by atoms with Crippen molar-refractivity contribution in [2.45, 2.75) is 19.8 Å². The van der Waals surface area contributed by atoms with E-state index in [1.165, 1.54) is 11.6 Å². The Hall–Kier alpha value is -2.56. The Bertz CT molecular complexity index is 699. The number of nitrogens with one attached hydrogen (secondary N) is 1. The van der Waals surface area contributed by atoms with Crippen molar-refractivity contribution < 1.29 is 13.9 Å². The number of benzene rings is 2. The van der Waals surface area contributed by atoms with E-state index in [2.05, 4.69) is 34.5 Å². The van der Waals surface area contributed by atoms with Crippen LogP contribution in [0.3, 0.4) is 0 Å². The molecular weight excluding hydrogens is 319 g/mol. The summed E-state index contributed by atoms with van der Waals surface area (Å²) < 4.78 is 18.8. The van der Waals surface area contributed by atoms with E-state index >= 15 is 0 Å². The van der Waals surface area contributed by atoms with Crippen molar-refractivity contribution in [3.8, 4) is 5.75 Å². The van der Waals surface area contributed by atoms with Crippen LogP contribution < -0.4 is 15.0 Å². The van der Waals surface area contributed by atoms with E-state index in [1.54, 1.807) is 12.1 Å². The van der Waals surface area contributed by atoms with Crippen LogP contribution in [-0.2, 0) is 11.2 Å². The number of hydrogen-bond donors (Lipinski definition) is 1. The monoisotopic (exact) mass is 344 g/mol. The lowest BCUT2D eigenvalue weighted by molar-refractivity contribution is -0.123. The van der Waals surface area contributed by atoms with Crippen molar-refractivity contribution in [2.24, 2.45) is 0 Å². The molecule has 2 aromatic carbocycles. The van der Waals surface area contributed by atoms with Gasteiger partial charge in [-0.05, 0) is 55.2 Å². The molecule has 25 heavy (non-hydrogen) atoms. The molecule has 0 saturated carbocycles. The summed E-state index contributed by atoms with van der Waals surface area (Å²) in [5.41, 5.74) is 3.28. The Morgan fingerprint density at radius 1 is 1.16 bits per heavy atom. The van der Waals surface area contributed by atoms with Crippen molar-refractivity contribution in [3.63, 3.8) is 0 Å². The first-order valence-electron chi connectivity index (χ1n) is 8.37. The van der Waals surface area contributed by atoms with Gasteiger partial charge >= 0.3 is 0 Å². The SMILES string of the molecule is Cc1ccc(F)c(OCC(=O)NCCCc2ccc(N(C)C)cc2)c1. The molecule has 0 aromatic heterocycles. The molecule has 1 N–H and O–H groups in total. The zero-order chi connectivity index (χ0) is 18.2. The van der Waals surface area contributed by atoms with Crippen LogP contribution >= 0.6 is 0 Å². The van der Waals surface area contributed by atoms with Crippen molar-refractivity contribution >= 4 is 11.6 Å². The first kappa shape index (κ1) is 18.8. The maximum Gasteiger partial charge on any atom is 0.257 e. The molecular formula is C20H25FN2O2. The number of carbonyl (C=O) groups excluding carboxylic acids is 1. The topological polar surface area (TPSA) is 41.6 Å². The van der Waals surface area contributed by atoms with Crippen LogP contribution in [0.5, 0.6) is 5.75 Å². The normalized spacial score (nSPS) is 10.4. The van der Waals surface area contributed by atoms with Gasteiger partial charge in [-0.25, -0.2) is 4.39 Å². The van der Waals surface area contributed by atoms with Crippen molar-refractivity contribution in [1.82, 2.24) is 5.32 Å². The fraction of sp³-hybridized carbons (Fsp3) is 0.350. The first-order chi connectivity index (χ1) is 12.0. The van der Waals surface area contributed by atoms with Crippen LogP contribution in [0.15, 0.2) is 42.5 Å². The molecule has 0 saturated heterocycles. The second kappa shape index (κ2) is 9.06. The first-order valence-corrected chi connectivity index (χ1v) is 8.37. The highest BCUT2D eigenvalue weighted by Gasteiger charge is 2.07. The Balaban J connectivity index is 1.67. The van der Waals surface area contributed by atoms with Crippen LogP contribution in [0.4, 0.5) is 10.1 Å². The highest BCUT2D eigenvalue weighted by molar-refractivity contribution is 5.77. The summed E-state index contributed by atoms with van der Waals surface area (Å²) in [6.07, 6.45) is 1.73. The Kier molecular flexibility index (Phi) is 6.81. The Labute approximate surface area is 148 Å². The minimum atomic E-state index is -0.459. The van der Waals surface area contributed by atoms with E-state index in [9.17, 15) is 9.18 Å². The summed E-state index contributed by atoms with van der Waals surface area (Å²) in [7, 11) is 4.02. The fourth-order valence-corrected chi connectivity index (χ4v) is 2.40. The van der Waals surface area contributed by atoms with Crippen LogP contribution in [0.25, 0.3) is 0 Å². The number of anilines is 1. The Morgan fingerprint density at radius 3 is 2.56 bits per heavy atom. The number of rotatable bonds is 8. The van der Waals surface area contributed by atoms with E-state index in [0.717, 1.165) is 24.1 Å². The molecule has 0 aliphatic rings. The number of ether oxygens (including phenoxy) is 1. The lowest BCUT2D eigenvalue weighted by atomic mass is 10.1. The molecule has 0 bridgehead atoms. The van der Waals surface area contributed by atoms with Gasteiger partial charge in [-0.2, -0.15) is 0 Å². The fourth-order valence-electron chi connectivity index (χ4n) is 2.40.